The Bertz CT molecular complexity index is 463. The molecule has 2 aromatic rings. The van der Waals surface area contributed by atoms with Crippen LogP contribution in [0.5, 0.6) is 0 Å². The lowest BCUT2D eigenvalue weighted by Gasteiger charge is -2.08. The fourth-order valence-corrected chi connectivity index (χ4v) is 2.56. The summed E-state index contributed by atoms with van der Waals surface area (Å²) in [7, 11) is 0. The summed E-state index contributed by atoms with van der Waals surface area (Å²) in [5.41, 5.74) is 1.34. The van der Waals surface area contributed by atoms with Crippen molar-refractivity contribution in [3.8, 4) is 0 Å². The average molecular weight is 275 g/mol. The number of aryl methyl sites for hydroxylation is 1. The SMILES string of the molecule is CC(C)NCc1ccc(SCCn2cccn2)cc1. The Hall–Kier alpha value is -1.26. The second-order valence-electron chi connectivity index (χ2n) is 4.80. The highest BCUT2D eigenvalue weighted by atomic mass is 32.2. The maximum absolute atomic E-state index is 4.20. The molecule has 0 atom stereocenters. The summed E-state index contributed by atoms with van der Waals surface area (Å²) >= 11 is 1.87. The molecule has 4 heteroatoms. The van der Waals surface area contributed by atoms with Crippen molar-refractivity contribution in [1.82, 2.24) is 15.1 Å². The van der Waals surface area contributed by atoms with Gasteiger partial charge in [0.05, 0.1) is 6.54 Å². The number of aromatic nitrogens is 2. The standard InChI is InChI=1S/C15H21N3S/c1-13(2)16-12-14-4-6-15(7-5-14)19-11-10-18-9-3-8-17-18/h3-9,13,16H,10-12H2,1-2H3. The minimum atomic E-state index is 0.531. The van der Waals surface area contributed by atoms with Crippen molar-refractivity contribution >= 4 is 11.8 Å². The van der Waals surface area contributed by atoms with Crippen LogP contribution in [-0.2, 0) is 13.1 Å². The number of thioether (sulfide) groups is 1. The predicted octanol–water partition coefficient (Wildman–Crippen LogP) is 3.17. The first-order chi connectivity index (χ1) is 9.24. The molecule has 1 heterocycles. The van der Waals surface area contributed by atoms with E-state index in [2.05, 4.69) is 48.5 Å². The van der Waals surface area contributed by atoms with Gasteiger partial charge in [-0.1, -0.05) is 26.0 Å². The molecule has 102 valence electrons. The molecule has 3 nitrogen and oxygen atoms in total. The molecular weight excluding hydrogens is 254 g/mol. The second kappa shape index (κ2) is 7.36. The highest BCUT2D eigenvalue weighted by molar-refractivity contribution is 7.99. The first kappa shape index (κ1) is 14.2. The summed E-state index contributed by atoms with van der Waals surface area (Å²) in [5, 5.41) is 7.62. The maximum Gasteiger partial charge on any atom is 0.0503 e. The highest BCUT2D eigenvalue weighted by Crippen LogP contribution is 2.18. The monoisotopic (exact) mass is 275 g/mol. The lowest BCUT2D eigenvalue weighted by molar-refractivity contribution is 0.588. The Morgan fingerprint density at radius 3 is 2.68 bits per heavy atom. The van der Waals surface area contributed by atoms with Crippen LogP contribution in [0.25, 0.3) is 0 Å². The van der Waals surface area contributed by atoms with Crippen molar-refractivity contribution in [1.29, 1.82) is 0 Å². The third-order valence-corrected chi connectivity index (χ3v) is 3.78. The van der Waals surface area contributed by atoms with Gasteiger partial charge >= 0.3 is 0 Å². The van der Waals surface area contributed by atoms with E-state index in [4.69, 9.17) is 0 Å². The molecular formula is C15H21N3S. The molecule has 0 spiro atoms. The molecule has 1 aromatic heterocycles. The molecule has 2 rings (SSSR count). The van der Waals surface area contributed by atoms with E-state index >= 15 is 0 Å². The number of nitrogens with one attached hydrogen (secondary N) is 1. The molecule has 1 aromatic carbocycles. The predicted molar refractivity (Wildman–Crippen MR) is 81.4 cm³/mol. The van der Waals surface area contributed by atoms with Gasteiger partial charge in [-0.2, -0.15) is 5.10 Å². The van der Waals surface area contributed by atoms with Crippen LogP contribution in [0.1, 0.15) is 19.4 Å². The van der Waals surface area contributed by atoms with Crippen molar-refractivity contribution in [3.63, 3.8) is 0 Å². The minimum absolute atomic E-state index is 0.531. The van der Waals surface area contributed by atoms with Gasteiger partial charge < -0.3 is 5.32 Å². The van der Waals surface area contributed by atoms with E-state index in [0.29, 0.717) is 6.04 Å². The van der Waals surface area contributed by atoms with Crippen LogP contribution in [0.2, 0.25) is 0 Å². The minimum Gasteiger partial charge on any atom is -0.310 e. The third kappa shape index (κ3) is 5.09. The van der Waals surface area contributed by atoms with Gasteiger partial charge in [-0.3, -0.25) is 4.68 Å². The van der Waals surface area contributed by atoms with Gasteiger partial charge in [-0.15, -0.1) is 11.8 Å². The molecule has 0 unspecified atom stereocenters. The van der Waals surface area contributed by atoms with Crippen LogP contribution in [-0.4, -0.2) is 21.6 Å². The summed E-state index contributed by atoms with van der Waals surface area (Å²) in [6.45, 7) is 6.23. The van der Waals surface area contributed by atoms with E-state index in [-0.39, 0.29) is 0 Å². The van der Waals surface area contributed by atoms with Crippen LogP contribution in [0.4, 0.5) is 0 Å². The van der Waals surface area contributed by atoms with Gasteiger partial charge in [0.1, 0.15) is 0 Å². The molecule has 0 bridgehead atoms. The van der Waals surface area contributed by atoms with E-state index < -0.39 is 0 Å². The summed E-state index contributed by atoms with van der Waals surface area (Å²) in [4.78, 5) is 1.32. The van der Waals surface area contributed by atoms with Crippen LogP contribution in [0, 0.1) is 0 Å². The van der Waals surface area contributed by atoms with E-state index in [9.17, 15) is 0 Å². The van der Waals surface area contributed by atoms with Crippen LogP contribution < -0.4 is 5.32 Å². The third-order valence-electron chi connectivity index (χ3n) is 2.79. The smallest absolute Gasteiger partial charge is 0.0503 e. The van der Waals surface area contributed by atoms with Crippen molar-refractivity contribution in [2.75, 3.05) is 5.75 Å². The van der Waals surface area contributed by atoms with E-state index in [1.165, 1.54) is 10.5 Å². The van der Waals surface area contributed by atoms with Gasteiger partial charge in [0, 0.05) is 35.6 Å². The molecule has 0 aliphatic heterocycles. The first-order valence-corrected chi connectivity index (χ1v) is 7.65. The zero-order valence-electron chi connectivity index (χ0n) is 11.5. The lowest BCUT2D eigenvalue weighted by Crippen LogP contribution is -2.21. The topological polar surface area (TPSA) is 29.9 Å². The molecule has 0 aliphatic carbocycles. The largest absolute Gasteiger partial charge is 0.310 e. The normalized spacial score (nSPS) is 11.1. The number of rotatable bonds is 7. The van der Waals surface area contributed by atoms with Crippen molar-refractivity contribution in [2.24, 2.45) is 0 Å². The van der Waals surface area contributed by atoms with E-state index in [1.807, 2.05) is 34.9 Å². The van der Waals surface area contributed by atoms with E-state index in [1.54, 1.807) is 0 Å². The second-order valence-corrected chi connectivity index (χ2v) is 5.97. The first-order valence-electron chi connectivity index (χ1n) is 6.66. The van der Waals surface area contributed by atoms with E-state index in [0.717, 1.165) is 18.8 Å². The summed E-state index contributed by atoms with van der Waals surface area (Å²) in [6, 6.07) is 11.3. The Balaban J connectivity index is 1.75. The fraction of sp³-hybridized carbons (Fsp3) is 0.400. The van der Waals surface area contributed by atoms with Crippen molar-refractivity contribution in [3.05, 3.63) is 48.3 Å². The van der Waals surface area contributed by atoms with Gasteiger partial charge in [0.25, 0.3) is 0 Å². The quantitative estimate of drug-likeness (QED) is 0.787. The number of benzene rings is 1. The molecule has 19 heavy (non-hydrogen) atoms. The molecule has 0 fully saturated rings. The Morgan fingerprint density at radius 2 is 2.05 bits per heavy atom. The number of hydrogen-bond acceptors (Lipinski definition) is 3. The lowest BCUT2D eigenvalue weighted by atomic mass is 10.2. The molecule has 0 aliphatic rings. The zero-order valence-corrected chi connectivity index (χ0v) is 12.4. The number of nitrogens with zero attached hydrogens (tertiary/aromatic N) is 2. The maximum atomic E-state index is 4.20. The highest BCUT2D eigenvalue weighted by Gasteiger charge is 1.98. The van der Waals surface area contributed by atoms with Crippen molar-refractivity contribution in [2.45, 2.75) is 37.9 Å². The zero-order chi connectivity index (χ0) is 13.5. The number of hydrogen-bond donors (Lipinski definition) is 1. The van der Waals surface area contributed by atoms with Crippen LogP contribution >= 0.6 is 11.8 Å². The molecule has 0 amide bonds. The Labute approximate surface area is 119 Å². The van der Waals surface area contributed by atoms with Crippen LogP contribution in [0.3, 0.4) is 0 Å². The summed E-state index contributed by atoms with van der Waals surface area (Å²) in [5.74, 6) is 1.05. The van der Waals surface area contributed by atoms with Gasteiger partial charge in [0.15, 0.2) is 0 Å². The fourth-order valence-electron chi connectivity index (χ4n) is 1.72. The molecule has 0 saturated heterocycles. The molecule has 0 radical (unpaired) electrons. The summed E-state index contributed by atoms with van der Waals surface area (Å²) in [6.07, 6.45) is 3.82. The van der Waals surface area contributed by atoms with Crippen LogP contribution in [0.15, 0.2) is 47.6 Å². The molecule has 1 N–H and O–H groups in total. The van der Waals surface area contributed by atoms with Crippen molar-refractivity contribution < 1.29 is 0 Å². The Morgan fingerprint density at radius 1 is 1.26 bits per heavy atom. The van der Waals surface area contributed by atoms with Gasteiger partial charge in [-0.25, -0.2) is 0 Å². The average Bonchev–Trinajstić information content (AvgIpc) is 2.91. The van der Waals surface area contributed by atoms with Gasteiger partial charge in [0.2, 0.25) is 0 Å². The summed E-state index contributed by atoms with van der Waals surface area (Å²) < 4.78 is 1.97. The molecule has 0 saturated carbocycles. The van der Waals surface area contributed by atoms with Gasteiger partial charge in [-0.05, 0) is 23.8 Å². The Kier molecular flexibility index (Phi) is 5.48.